The lowest BCUT2D eigenvalue weighted by atomic mass is 10.2. The molecule has 0 radical (unpaired) electrons. The minimum atomic E-state index is 0.387. The van der Waals surface area contributed by atoms with E-state index in [1.807, 2.05) is 20.2 Å². The molecular weight excluding hydrogens is 248 g/mol. The maximum absolute atomic E-state index is 5.27. The molecule has 14 heavy (non-hydrogen) atoms. The number of rotatable bonds is 2. The van der Waals surface area contributed by atoms with Gasteiger partial charge in [0.1, 0.15) is 0 Å². The predicted molar refractivity (Wildman–Crippen MR) is 53.6 cm³/mol. The number of hydrogen-bond donors (Lipinski definition) is 0. The fourth-order valence-electron chi connectivity index (χ4n) is 1.29. The molecule has 0 amide bonds. The van der Waals surface area contributed by atoms with Crippen molar-refractivity contribution in [2.45, 2.75) is 13.3 Å². The van der Waals surface area contributed by atoms with Gasteiger partial charge in [0.15, 0.2) is 0 Å². The molecule has 74 valence electrons. The summed E-state index contributed by atoms with van der Waals surface area (Å²) in [6, 6.07) is 0. The Morgan fingerprint density at radius 2 is 2.29 bits per heavy atom. The van der Waals surface area contributed by atoms with Crippen LogP contribution < -0.4 is 0 Å². The van der Waals surface area contributed by atoms with Crippen LogP contribution in [0, 0.1) is 0 Å². The lowest BCUT2D eigenvalue weighted by Crippen LogP contribution is -1.89. The predicted octanol–water partition coefficient (Wildman–Crippen LogP) is 1.79. The van der Waals surface area contributed by atoms with Crippen molar-refractivity contribution in [2.75, 3.05) is 0 Å². The Bertz CT molecular complexity index is 448. The van der Waals surface area contributed by atoms with Crippen LogP contribution in [0.25, 0.3) is 11.5 Å². The van der Waals surface area contributed by atoms with Crippen molar-refractivity contribution in [3.63, 3.8) is 0 Å². The van der Waals surface area contributed by atoms with E-state index in [1.165, 1.54) is 0 Å². The molecule has 2 rings (SSSR count). The molecule has 2 aromatic heterocycles. The molecule has 0 bridgehead atoms. The highest BCUT2D eigenvalue weighted by atomic mass is 79.9. The van der Waals surface area contributed by atoms with Gasteiger partial charge >= 0.3 is 0 Å². The molecule has 2 heterocycles. The fraction of sp³-hybridized carbons (Fsp3) is 0.375. The van der Waals surface area contributed by atoms with Crippen LogP contribution >= 0.6 is 15.9 Å². The maximum atomic E-state index is 5.27. The van der Waals surface area contributed by atoms with Crippen molar-refractivity contribution >= 4 is 15.9 Å². The molecule has 0 aliphatic carbocycles. The third kappa shape index (κ3) is 1.57. The van der Waals surface area contributed by atoms with Crippen molar-refractivity contribution < 1.29 is 4.42 Å². The third-order valence-electron chi connectivity index (χ3n) is 1.87. The first-order valence-corrected chi connectivity index (χ1v) is 5.02. The van der Waals surface area contributed by atoms with Crippen LogP contribution in [-0.2, 0) is 13.5 Å². The molecule has 0 fully saturated rings. The third-order valence-corrected chi connectivity index (χ3v) is 2.19. The summed E-state index contributed by atoms with van der Waals surface area (Å²) in [6.07, 6.45) is 2.72. The largest absolute Gasteiger partial charge is 0.411 e. The Kier molecular flexibility index (Phi) is 2.37. The quantitative estimate of drug-likeness (QED) is 0.823. The maximum Gasteiger partial charge on any atom is 0.285 e. The van der Waals surface area contributed by atoms with Crippen molar-refractivity contribution in [2.24, 2.45) is 7.05 Å². The minimum absolute atomic E-state index is 0.387. The van der Waals surface area contributed by atoms with Crippen molar-refractivity contribution in [1.82, 2.24) is 20.0 Å². The Hall–Kier alpha value is -1.17. The summed E-state index contributed by atoms with van der Waals surface area (Å²) in [5, 5.41) is 11.9. The van der Waals surface area contributed by atoms with E-state index >= 15 is 0 Å². The number of nitrogens with zero attached hydrogens (tertiary/aromatic N) is 4. The molecule has 0 N–H and O–H groups in total. The van der Waals surface area contributed by atoms with E-state index in [4.69, 9.17) is 4.42 Å². The topological polar surface area (TPSA) is 56.7 Å². The molecule has 0 spiro atoms. The molecule has 0 aliphatic heterocycles. The van der Waals surface area contributed by atoms with Crippen LogP contribution in [0.1, 0.15) is 12.6 Å². The first kappa shape index (κ1) is 9.39. The first-order chi connectivity index (χ1) is 6.70. The Morgan fingerprint density at radius 3 is 2.86 bits per heavy atom. The summed E-state index contributed by atoms with van der Waals surface area (Å²) in [5.74, 6) is 0.502. The van der Waals surface area contributed by atoms with Gasteiger partial charge in [0.25, 0.3) is 10.7 Å². The zero-order valence-corrected chi connectivity index (χ0v) is 9.45. The number of aromatic nitrogens is 4. The Morgan fingerprint density at radius 1 is 1.50 bits per heavy atom. The van der Waals surface area contributed by atoms with E-state index in [2.05, 4.69) is 31.2 Å². The molecule has 5 nitrogen and oxygen atoms in total. The summed E-state index contributed by atoms with van der Waals surface area (Å²) in [5.41, 5.74) is 1.86. The average molecular weight is 257 g/mol. The van der Waals surface area contributed by atoms with Crippen LogP contribution in [-0.4, -0.2) is 20.0 Å². The van der Waals surface area contributed by atoms with Gasteiger partial charge < -0.3 is 4.42 Å². The highest BCUT2D eigenvalue weighted by Gasteiger charge is 2.13. The summed E-state index contributed by atoms with van der Waals surface area (Å²) in [4.78, 5) is 0.387. The van der Waals surface area contributed by atoms with Crippen LogP contribution in [0.4, 0.5) is 0 Å². The first-order valence-electron chi connectivity index (χ1n) is 4.22. The summed E-state index contributed by atoms with van der Waals surface area (Å²) in [6.45, 7) is 2.04. The van der Waals surface area contributed by atoms with Crippen LogP contribution in [0.3, 0.4) is 0 Å². The van der Waals surface area contributed by atoms with Crippen molar-refractivity contribution in [3.05, 3.63) is 16.7 Å². The fourth-order valence-corrected chi connectivity index (χ4v) is 1.52. The smallest absolute Gasteiger partial charge is 0.285 e. The lowest BCUT2D eigenvalue weighted by Gasteiger charge is -1.90. The Balaban J connectivity index is 2.49. The van der Waals surface area contributed by atoms with Crippen LogP contribution in [0.15, 0.2) is 15.4 Å². The standard InChI is InChI=1S/C8H9BrN4O/c1-3-6-5(4-13(2)12-6)7-10-11-8(9)14-7/h4H,3H2,1-2H3. The van der Waals surface area contributed by atoms with Gasteiger partial charge in [0.05, 0.1) is 11.3 Å². The molecule has 0 aliphatic rings. The minimum Gasteiger partial charge on any atom is -0.411 e. The highest BCUT2D eigenvalue weighted by Crippen LogP contribution is 2.23. The lowest BCUT2D eigenvalue weighted by molar-refractivity contribution is 0.540. The van der Waals surface area contributed by atoms with Gasteiger partial charge in [-0.2, -0.15) is 5.10 Å². The normalized spacial score (nSPS) is 10.8. The van der Waals surface area contributed by atoms with Gasteiger partial charge in [-0.25, -0.2) is 0 Å². The van der Waals surface area contributed by atoms with Gasteiger partial charge in [-0.05, 0) is 6.42 Å². The molecule has 0 unspecified atom stereocenters. The van der Waals surface area contributed by atoms with Gasteiger partial charge in [0.2, 0.25) is 0 Å². The van der Waals surface area contributed by atoms with E-state index in [9.17, 15) is 0 Å². The van der Waals surface area contributed by atoms with E-state index in [-0.39, 0.29) is 0 Å². The summed E-state index contributed by atoms with van der Waals surface area (Å²) >= 11 is 3.12. The van der Waals surface area contributed by atoms with Crippen LogP contribution in [0.2, 0.25) is 0 Å². The molecule has 6 heteroatoms. The molecule has 0 atom stereocenters. The van der Waals surface area contributed by atoms with Crippen molar-refractivity contribution in [3.8, 4) is 11.5 Å². The molecule has 0 saturated heterocycles. The number of hydrogen-bond acceptors (Lipinski definition) is 4. The zero-order chi connectivity index (χ0) is 10.1. The summed E-state index contributed by atoms with van der Waals surface area (Å²) < 4.78 is 7.01. The van der Waals surface area contributed by atoms with Crippen LogP contribution in [0.5, 0.6) is 0 Å². The second-order valence-electron chi connectivity index (χ2n) is 2.88. The van der Waals surface area contributed by atoms with E-state index < -0.39 is 0 Å². The molecule has 0 saturated carbocycles. The summed E-state index contributed by atoms with van der Waals surface area (Å²) in [7, 11) is 1.87. The molecule has 0 aromatic carbocycles. The SMILES string of the molecule is CCc1nn(C)cc1-c1nnc(Br)o1. The van der Waals surface area contributed by atoms with E-state index in [0.717, 1.165) is 17.7 Å². The molecular formula is C8H9BrN4O. The second kappa shape index (κ2) is 3.53. The zero-order valence-electron chi connectivity index (χ0n) is 7.86. The second-order valence-corrected chi connectivity index (χ2v) is 3.56. The molecule has 2 aromatic rings. The van der Waals surface area contributed by atoms with Crippen molar-refractivity contribution in [1.29, 1.82) is 0 Å². The van der Waals surface area contributed by atoms with E-state index in [0.29, 0.717) is 10.7 Å². The van der Waals surface area contributed by atoms with Gasteiger partial charge in [-0.15, -0.1) is 10.2 Å². The highest BCUT2D eigenvalue weighted by molar-refractivity contribution is 9.10. The number of halogens is 1. The van der Waals surface area contributed by atoms with Gasteiger partial charge in [-0.1, -0.05) is 6.92 Å². The Labute approximate surface area is 89.3 Å². The average Bonchev–Trinajstić information content (AvgIpc) is 2.71. The van der Waals surface area contributed by atoms with Gasteiger partial charge in [-0.3, -0.25) is 4.68 Å². The van der Waals surface area contributed by atoms with Gasteiger partial charge in [0, 0.05) is 29.2 Å². The van der Waals surface area contributed by atoms with E-state index in [1.54, 1.807) is 4.68 Å². The monoisotopic (exact) mass is 256 g/mol. The number of aryl methyl sites for hydroxylation is 2.